The van der Waals surface area contributed by atoms with E-state index in [2.05, 4.69) is 5.32 Å². The monoisotopic (exact) mass is 294 g/mol. The molecule has 21 heavy (non-hydrogen) atoms. The maximum Gasteiger partial charge on any atom is 0.326 e. The van der Waals surface area contributed by atoms with Crippen molar-refractivity contribution < 1.29 is 19.1 Å². The van der Waals surface area contributed by atoms with E-state index in [1.165, 1.54) is 6.42 Å². The molecule has 6 heteroatoms. The highest BCUT2D eigenvalue weighted by molar-refractivity contribution is 6.08. The van der Waals surface area contributed by atoms with Gasteiger partial charge in [0.1, 0.15) is 18.2 Å². The van der Waals surface area contributed by atoms with Gasteiger partial charge in [-0.05, 0) is 51.4 Å². The van der Waals surface area contributed by atoms with Gasteiger partial charge in [0.25, 0.3) is 5.91 Å². The summed E-state index contributed by atoms with van der Waals surface area (Å²) in [6.45, 7) is 1.47. The molecule has 0 spiro atoms. The average molecular weight is 294 g/mol. The van der Waals surface area contributed by atoms with Crippen LogP contribution < -0.4 is 5.32 Å². The molecule has 3 amide bonds. The Bertz CT molecular complexity index is 468. The van der Waals surface area contributed by atoms with Crippen molar-refractivity contribution in [2.45, 2.75) is 63.5 Å². The van der Waals surface area contributed by atoms with Crippen LogP contribution in [0, 0.1) is 5.92 Å². The maximum absolute atomic E-state index is 12.4. The summed E-state index contributed by atoms with van der Waals surface area (Å²) in [5, 5.41) is 2.73. The van der Waals surface area contributed by atoms with Gasteiger partial charge in [-0.3, -0.25) is 14.5 Å². The van der Waals surface area contributed by atoms with Gasteiger partial charge in [0.05, 0.1) is 0 Å². The number of hydrogen-bond acceptors (Lipinski definition) is 4. The SMILES string of the molecule is CC1(C2CC2)NC(=O)N(CC(=O)OC2CCCCC2)C1=O. The summed E-state index contributed by atoms with van der Waals surface area (Å²) in [7, 11) is 0. The molecule has 1 unspecified atom stereocenters. The predicted molar refractivity (Wildman–Crippen MR) is 74.3 cm³/mol. The van der Waals surface area contributed by atoms with Crippen LogP contribution in [-0.4, -0.2) is 41.0 Å². The molecule has 116 valence electrons. The molecule has 0 aromatic carbocycles. The quantitative estimate of drug-likeness (QED) is 0.631. The highest BCUT2D eigenvalue weighted by atomic mass is 16.5. The molecule has 1 aliphatic heterocycles. The van der Waals surface area contributed by atoms with E-state index in [0.29, 0.717) is 0 Å². The van der Waals surface area contributed by atoms with Crippen LogP contribution in [0.3, 0.4) is 0 Å². The molecule has 0 radical (unpaired) electrons. The van der Waals surface area contributed by atoms with Crippen molar-refractivity contribution in [2.24, 2.45) is 5.92 Å². The zero-order chi connectivity index (χ0) is 15.0. The van der Waals surface area contributed by atoms with Crippen molar-refractivity contribution in [3.63, 3.8) is 0 Å². The van der Waals surface area contributed by atoms with Gasteiger partial charge >= 0.3 is 12.0 Å². The van der Waals surface area contributed by atoms with Gasteiger partial charge in [0.15, 0.2) is 0 Å². The smallest absolute Gasteiger partial charge is 0.326 e. The number of carbonyl (C=O) groups excluding carboxylic acids is 3. The number of esters is 1. The lowest BCUT2D eigenvalue weighted by molar-refractivity contribution is -0.153. The second kappa shape index (κ2) is 5.31. The minimum absolute atomic E-state index is 0.0539. The van der Waals surface area contributed by atoms with Crippen molar-refractivity contribution >= 4 is 17.9 Å². The minimum Gasteiger partial charge on any atom is -0.461 e. The fraction of sp³-hybridized carbons (Fsp3) is 0.800. The zero-order valence-corrected chi connectivity index (χ0v) is 12.4. The normalized spacial score (nSPS) is 30.4. The summed E-state index contributed by atoms with van der Waals surface area (Å²) in [6.07, 6.45) is 6.92. The molecular weight excluding hydrogens is 272 g/mol. The van der Waals surface area contributed by atoms with Crippen LogP contribution in [0.4, 0.5) is 4.79 Å². The molecule has 0 bridgehead atoms. The summed E-state index contributed by atoms with van der Waals surface area (Å²) >= 11 is 0. The Morgan fingerprint density at radius 2 is 1.90 bits per heavy atom. The molecule has 1 N–H and O–H groups in total. The van der Waals surface area contributed by atoms with Gasteiger partial charge in [-0.2, -0.15) is 0 Å². The van der Waals surface area contributed by atoms with Crippen LogP contribution in [0.2, 0.25) is 0 Å². The summed E-state index contributed by atoms with van der Waals surface area (Å²) in [6, 6.07) is -0.477. The summed E-state index contributed by atoms with van der Waals surface area (Å²) in [5.74, 6) is -0.575. The number of nitrogens with zero attached hydrogens (tertiary/aromatic N) is 1. The Morgan fingerprint density at radius 3 is 2.52 bits per heavy atom. The van der Waals surface area contributed by atoms with Crippen molar-refractivity contribution in [3.8, 4) is 0 Å². The van der Waals surface area contributed by atoms with E-state index in [-0.39, 0.29) is 24.5 Å². The maximum atomic E-state index is 12.4. The van der Waals surface area contributed by atoms with E-state index < -0.39 is 17.5 Å². The summed E-state index contributed by atoms with van der Waals surface area (Å²) < 4.78 is 5.38. The number of hydrogen-bond donors (Lipinski definition) is 1. The van der Waals surface area contributed by atoms with Gasteiger partial charge in [-0.25, -0.2) is 4.79 Å². The number of nitrogens with one attached hydrogen (secondary N) is 1. The lowest BCUT2D eigenvalue weighted by atomic mass is 9.96. The highest BCUT2D eigenvalue weighted by Crippen LogP contribution is 2.42. The Hall–Kier alpha value is -1.59. The molecular formula is C15H22N2O4. The Kier molecular flexibility index (Phi) is 3.63. The third-order valence-corrected chi connectivity index (χ3v) is 4.83. The number of carbonyl (C=O) groups is 3. The molecule has 2 aliphatic carbocycles. The molecule has 1 saturated heterocycles. The second-order valence-corrected chi connectivity index (χ2v) is 6.55. The molecule has 2 saturated carbocycles. The van der Waals surface area contributed by atoms with Crippen molar-refractivity contribution in [1.29, 1.82) is 0 Å². The van der Waals surface area contributed by atoms with E-state index >= 15 is 0 Å². The molecule has 1 heterocycles. The fourth-order valence-electron chi connectivity index (χ4n) is 3.33. The van der Waals surface area contributed by atoms with Crippen molar-refractivity contribution in [1.82, 2.24) is 10.2 Å². The van der Waals surface area contributed by atoms with Gasteiger partial charge in [0.2, 0.25) is 0 Å². The van der Waals surface area contributed by atoms with Crippen LogP contribution in [0.15, 0.2) is 0 Å². The third-order valence-electron chi connectivity index (χ3n) is 4.83. The first-order chi connectivity index (χ1) is 10.0. The Morgan fingerprint density at radius 1 is 1.24 bits per heavy atom. The van der Waals surface area contributed by atoms with E-state index in [4.69, 9.17) is 4.74 Å². The van der Waals surface area contributed by atoms with E-state index in [0.717, 1.165) is 43.4 Å². The standard InChI is InChI=1S/C15H22N2O4/c1-15(10-7-8-10)13(19)17(14(20)16-15)9-12(18)21-11-5-3-2-4-6-11/h10-11H,2-9H2,1H3,(H,16,20). The van der Waals surface area contributed by atoms with Crippen LogP contribution >= 0.6 is 0 Å². The molecule has 0 aromatic rings. The van der Waals surface area contributed by atoms with E-state index in [1.54, 1.807) is 6.92 Å². The number of imide groups is 1. The molecule has 3 fully saturated rings. The summed E-state index contributed by atoms with van der Waals surface area (Å²) in [4.78, 5) is 37.3. The van der Waals surface area contributed by atoms with Gasteiger partial charge < -0.3 is 10.1 Å². The van der Waals surface area contributed by atoms with Gasteiger partial charge in [-0.15, -0.1) is 0 Å². The first kappa shape index (κ1) is 14.4. The zero-order valence-electron chi connectivity index (χ0n) is 12.4. The van der Waals surface area contributed by atoms with E-state index in [1.807, 2.05) is 0 Å². The summed E-state index contributed by atoms with van der Waals surface area (Å²) in [5.41, 5.74) is -0.831. The topological polar surface area (TPSA) is 75.7 Å². The van der Waals surface area contributed by atoms with Crippen LogP contribution in [0.1, 0.15) is 51.9 Å². The number of rotatable bonds is 4. The molecule has 1 atom stereocenters. The van der Waals surface area contributed by atoms with Crippen molar-refractivity contribution in [3.05, 3.63) is 0 Å². The van der Waals surface area contributed by atoms with Crippen LogP contribution in [0.25, 0.3) is 0 Å². The average Bonchev–Trinajstić information content (AvgIpc) is 3.26. The van der Waals surface area contributed by atoms with Gasteiger partial charge in [-0.1, -0.05) is 6.42 Å². The number of ether oxygens (including phenoxy) is 1. The van der Waals surface area contributed by atoms with E-state index in [9.17, 15) is 14.4 Å². The van der Waals surface area contributed by atoms with Crippen LogP contribution in [0.5, 0.6) is 0 Å². The highest BCUT2D eigenvalue weighted by Gasteiger charge is 2.56. The van der Waals surface area contributed by atoms with Crippen molar-refractivity contribution in [2.75, 3.05) is 6.54 Å². The number of amides is 3. The van der Waals surface area contributed by atoms with Crippen LogP contribution in [-0.2, 0) is 14.3 Å². The lowest BCUT2D eigenvalue weighted by Gasteiger charge is -2.23. The Labute approximate surface area is 124 Å². The molecule has 6 nitrogen and oxygen atoms in total. The molecule has 3 aliphatic rings. The number of urea groups is 1. The first-order valence-corrected chi connectivity index (χ1v) is 7.84. The Balaban J connectivity index is 1.57. The lowest BCUT2D eigenvalue weighted by Crippen LogP contribution is -2.46. The van der Waals surface area contributed by atoms with Gasteiger partial charge in [0, 0.05) is 0 Å². The second-order valence-electron chi connectivity index (χ2n) is 6.55. The minimum atomic E-state index is -0.831. The molecule has 3 rings (SSSR count). The molecule has 0 aromatic heterocycles. The first-order valence-electron chi connectivity index (χ1n) is 7.84. The predicted octanol–water partition coefficient (Wildman–Crippen LogP) is 1.58. The fourth-order valence-corrected chi connectivity index (χ4v) is 3.33. The third kappa shape index (κ3) is 2.76. The largest absolute Gasteiger partial charge is 0.461 e.